The molecule has 1 aromatic rings. The standard InChI is InChI=1S/C17H27N5O2/c1-3-13(2)21-15(23)7-10-18-16(24)14-6-4-11-22(12-14)17-19-8-5-9-20-17/h5,8-9,13-14H,3-4,6-7,10-12H2,1-2H3,(H,18,24)(H,21,23)/t13-,14+/m0/s1. The average Bonchev–Trinajstić information content (AvgIpc) is 2.62. The lowest BCUT2D eigenvalue weighted by molar-refractivity contribution is -0.125. The van der Waals surface area contributed by atoms with E-state index in [9.17, 15) is 9.59 Å². The summed E-state index contributed by atoms with van der Waals surface area (Å²) in [7, 11) is 0. The largest absolute Gasteiger partial charge is 0.355 e. The first-order valence-electron chi connectivity index (χ1n) is 8.69. The fraction of sp³-hybridized carbons (Fsp3) is 0.647. The number of carbonyl (C=O) groups is 2. The van der Waals surface area contributed by atoms with Crippen LogP contribution in [0.25, 0.3) is 0 Å². The van der Waals surface area contributed by atoms with Gasteiger partial charge in [0.2, 0.25) is 17.8 Å². The monoisotopic (exact) mass is 333 g/mol. The summed E-state index contributed by atoms with van der Waals surface area (Å²) in [4.78, 5) is 34.6. The van der Waals surface area contributed by atoms with Crippen LogP contribution in [0.15, 0.2) is 18.5 Å². The van der Waals surface area contributed by atoms with Gasteiger partial charge in [-0.15, -0.1) is 0 Å². The van der Waals surface area contributed by atoms with Crippen molar-refractivity contribution in [3.8, 4) is 0 Å². The molecule has 24 heavy (non-hydrogen) atoms. The van der Waals surface area contributed by atoms with Crippen LogP contribution in [0.2, 0.25) is 0 Å². The number of aromatic nitrogens is 2. The van der Waals surface area contributed by atoms with Crippen molar-refractivity contribution < 1.29 is 9.59 Å². The summed E-state index contributed by atoms with van der Waals surface area (Å²) < 4.78 is 0. The van der Waals surface area contributed by atoms with Crippen molar-refractivity contribution in [2.45, 2.75) is 45.6 Å². The highest BCUT2D eigenvalue weighted by atomic mass is 16.2. The summed E-state index contributed by atoms with van der Waals surface area (Å²) in [6.07, 6.45) is 6.43. The summed E-state index contributed by atoms with van der Waals surface area (Å²) in [6.45, 7) is 5.86. The number of piperidine rings is 1. The maximum atomic E-state index is 12.3. The molecule has 0 radical (unpaired) electrons. The van der Waals surface area contributed by atoms with Crippen molar-refractivity contribution in [2.75, 3.05) is 24.5 Å². The Balaban J connectivity index is 1.75. The maximum Gasteiger partial charge on any atom is 0.225 e. The predicted octanol–water partition coefficient (Wildman–Crippen LogP) is 1.11. The Hall–Kier alpha value is -2.18. The Kier molecular flexibility index (Phi) is 6.96. The van der Waals surface area contributed by atoms with Gasteiger partial charge < -0.3 is 15.5 Å². The van der Waals surface area contributed by atoms with Crippen LogP contribution in [0, 0.1) is 5.92 Å². The Labute approximate surface area is 143 Å². The predicted molar refractivity (Wildman–Crippen MR) is 92.5 cm³/mol. The van der Waals surface area contributed by atoms with E-state index in [1.807, 2.05) is 18.7 Å². The van der Waals surface area contributed by atoms with Gasteiger partial charge in [-0.2, -0.15) is 0 Å². The van der Waals surface area contributed by atoms with Crippen LogP contribution in [0.4, 0.5) is 5.95 Å². The lowest BCUT2D eigenvalue weighted by atomic mass is 9.97. The maximum absolute atomic E-state index is 12.3. The van der Waals surface area contributed by atoms with E-state index in [2.05, 4.69) is 20.6 Å². The molecule has 0 bridgehead atoms. The number of hydrogen-bond donors (Lipinski definition) is 2. The minimum Gasteiger partial charge on any atom is -0.355 e. The van der Waals surface area contributed by atoms with E-state index in [1.165, 1.54) is 0 Å². The van der Waals surface area contributed by atoms with E-state index in [0.717, 1.165) is 25.8 Å². The van der Waals surface area contributed by atoms with Gasteiger partial charge in [0.15, 0.2) is 0 Å². The van der Waals surface area contributed by atoms with Crippen molar-refractivity contribution in [3.05, 3.63) is 18.5 Å². The van der Waals surface area contributed by atoms with Crippen molar-refractivity contribution in [3.63, 3.8) is 0 Å². The Morgan fingerprint density at radius 1 is 1.38 bits per heavy atom. The molecule has 0 saturated carbocycles. The summed E-state index contributed by atoms with van der Waals surface area (Å²) in [5, 5.41) is 5.78. The molecule has 2 atom stereocenters. The molecule has 0 aliphatic carbocycles. The van der Waals surface area contributed by atoms with Crippen molar-refractivity contribution >= 4 is 17.8 Å². The molecule has 2 N–H and O–H groups in total. The minimum absolute atomic E-state index is 0.00645. The zero-order valence-corrected chi connectivity index (χ0v) is 14.5. The van der Waals surface area contributed by atoms with Gasteiger partial charge in [-0.3, -0.25) is 9.59 Å². The third-order valence-corrected chi connectivity index (χ3v) is 4.30. The molecule has 2 rings (SSSR count). The number of anilines is 1. The molecular weight excluding hydrogens is 306 g/mol. The Bertz CT molecular complexity index is 537. The first kappa shape index (κ1) is 18.2. The second-order valence-electron chi connectivity index (χ2n) is 6.25. The first-order chi connectivity index (χ1) is 11.6. The van der Waals surface area contributed by atoms with E-state index in [1.54, 1.807) is 18.5 Å². The van der Waals surface area contributed by atoms with Gasteiger partial charge in [0.25, 0.3) is 0 Å². The zero-order chi connectivity index (χ0) is 17.4. The number of nitrogens with zero attached hydrogens (tertiary/aromatic N) is 3. The van der Waals surface area contributed by atoms with Crippen LogP contribution >= 0.6 is 0 Å². The highest BCUT2D eigenvalue weighted by molar-refractivity contribution is 5.81. The lowest BCUT2D eigenvalue weighted by Crippen LogP contribution is -2.44. The van der Waals surface area contributed by atoms with Crippen LogP contribution in [0.5, 0.6) is 0 Å². The molecule has 1 aliphatic heterocycles. The molecule has 7 heteroatoms. The number of nitrogens with one attached hydrogen (secondary N) is 2. The van der Waals surface area contributed by atoms with E-state index in [4.69, 9.17) is 0 Å². The molecule has 2 heterocycles. The summed E-state index contributed by atoms with van der Waals surface area (Å²) in [6, 6.07) is 1.95. The fourth-order valence-electron chi connectivity index (χ4n) is 2.72. The molecule has 0 spiro atoms. The molecule has 1 aliphatic rings. The smallest absolute Gasteiger partial charge is 0.225 e. The second-order valence-corrected chi connectivity index (χ2v) is 6.25. The van der Waals surface area contributed by atoms with Gasteiger partial charge in [0, 0.05) is 44.5 Å². The van der Waals surface area contributed by atoms with Gasteiger partial charge in [0.1, 0.15) is 0 Å². The third kappa shape index (κ3) is 5.47. The van der Waals surface area contributed by atoms with Crippen LogP contribution < -0.4 is 15.5 Å². The van der Waals surface area contributed by atoms with E-state index < -0.39 is 0 Å². The first-order valence-corrected chi connectivity index (χ1v) is 8.69. The molecular formula is C17H27N5O2. The molecule has 7 nitrogen and oxygen atoms in total. The van der Waals surface area contributed by atoms with Crippen molar-refractivity contribution in [1.82, 2.24) is 20.6 Å². The molecule has 0 unspecified atom stereocenters. The summed E-state index contributed by atoms with van der Waals surface area (Å²) in [5.41, 5.74) is 0. The SMILES string of the molecule is CC[C@H](C)NC(=O)CCNC(=O)[C@@H]1CCCN(c2ncccn2)C1. The topological polar surface area (TPSA) is 87.2 Å². The summed E-state index contributed by atoms with van der Waals surface area (Å²) in [5.74, 6) is 0.572. The highest BCUT2D eigenvalue weighted by Gasteiger charge is 2.26. The molecule has 1 saturated heterocycles. The van der Waals surface area contributed by atoms with Crippen LogP contribution in [-0.4, -0.2) is 47.5 Å². The molecule has 1 fully saturated rings. The molecule has 0 aromatic carbocycles. The van der Waals surface area contributed by atoms with Crippen molar-refractivity contribution in [1.29, 1.82) is 0 Å². The number of amides is 2. The lowest BCUT2D eigenvalue weighted by Gasteiger charge is -2.31. The average molecular weight is 333 g/mol. The van der Waals surface area contributed by atoms with Crippen LogP contribution in [0.3, 0.4) is 0 Å². The van der Waals surface area contributed by atoms with Gasteiger partial charge in [-0.05, 0) is 32.3 Å². The minimum atomic E-state index is -0.0832. The van der Waals surface area contributed by atoms with Gasteiger partial charge >= 0.3 is 0 Å². The van der Waals surface area contributed by atoms with E-state index in [0.29, 0.717) is 25.5 Å². The number of hydrogen-bond acceptors (Lipinski definition) is 5. The van der Waals surface area contributed by atoms with Crippen LogP contribution in [-0.2, 0) is 9.59 Å². The quantitative estimate of drug-likeness (QED) is 0.781. The molecule has 1 aromatic heterocycles. The van der Waals surface area contributed by atoms with Gasteiger partial charge in [-0.25, -0.2) is 9.97 Å². The van der Waals surface area contributed by atoms with E-state index in [-0.39, 0.29) is 23.8 Å². The normalized spacial score (nSPS) is 18.8. The van der Waals surface area contributed by atoms with Gasteiger partial charge in [-0.1, -0.05) is 6.92 Å². The third-order valence-electron chi connectivity index (χ3n) is 4.30. The second kappa shape index (κ2) is 9.20. The van der Waals surface area contributed by atoms with Crippen LogP contribution in [0.1, 0.15) is 39.5 Å². The fourth-order valence-corrected chi connectivity index (χ4v) is 2.72. The number of carbonyl (C=O) groups excluding carboxylic acids is 2. The molecule has 2 amide bonds. The van der Waals surface area contributed by atoms with E-state index >= 15 is 0 Å². The highest BCUT2D eigenvalue weighted by Crippen LogP contribution is 2.19. The number of rotatable bonds is 7. The Morgan fingerprint density at radius 2 is 2.12 bits per heavy atom. The zero-order valence-electron chi connectivity index (χ0n) is 14.5. The Morgan fingerprint density at radius 3 is 2.83 bits per heavy atom. The van der Waals surface area contributed by atoms with Gasteiger partial charge in [0.05, 0.1) is 5.92 Å². The summed E-state index contributed by atoms with van der Waals surface area (Å²) >= 11 is 0. The molecule has 132 valence electrons. The van der Waals surface area contributed by atoms with Crippen molar-refractivity contribution in [2.24, 2.45) is 5.92 Å².